The molecule has 0 fully saturated rings. The Bertz CT molecular complexity index is 149. The zero-order valence-electron chi connectivity index (χ0n) is 7.76. The van der Waals surface area contributed by atoms with Gasteiger partial charge in [0.25, 0.3) is 0 Å². The van der Waals surface area contributed by atoms with Gasteiger partial charge >= 0.3 is 0 Å². The summed E-state index contributed by atoms with van der Waals surface area (Å²) in [7, 11) is 1.65. The zero-order valence-corrected chi connectivity index (χ0v) is 7.76. The molecule has 3 nitrogen and oxygen atoms in total. The van der Waals surface area contributed by atoms with E-state index in [1.807, 2.05) is 0 Å². The molecule has 0 spiro atoms. The second kappa shape index (κ2) is 6.01. The van der Waals surface area contributed by atoms with Gasteiger partial charge in [0.1, 0.15) is 5.60 Å². The Morgan fingerprint density at radius 2 is 2.25 bits per heavy atom. The van der Waals surface area contributed by atoms with E-state index in [0.717, 1.165) is 6.54 Å². The molecule has 0 aliphatic carbocycles. The summed E-state index contributed by atoms with van der Waals surface area (Å²) in [6.07, 6.45) is 5.66. The van der Waals surface area contributed by atoms with Crippen LogP contribution in [0.4, 0.5) is 0 Å². The highest BCUT2D eigenvalue weighted by atomic mass is 16.5. The van der Waals surface area contributed by atoms with Crippen molar-refractivity contribution in [1.29, 1.82) is 0 Å². The summed E-state index contributed by atoms with van der Waals surface area (Å²) >= 11 is 0. The molecule has 0 heterocycles. The maximum atomic E-state index is 9.37. The number of hydrogen-bond donors (Lipinski definition) is 2. The van der Waals surface area contributed by atoms with Crippen molar-refractivity contribution >= 4 is 0 Å². The standard InChI is InChI=1S/C9H17NO2/c1-4-9(2,11)5-6-10-7-8-12-3/h1,10-11H,5-8H2,2-3H3. The van der Waals surface area contributed by atoms with E-state index >= 15 is 0 Å². The highest BCUT2D eigenvalue weighted by molar-refractivity contribution is 5.04. The van der Waals surface area contributed by atoms with Crippen molar-refractivity contribution in [3.8, 4) is 12.3 Å². The third kappa shape index (κ3) is 6.17. The second-order valence-electron chi connectivity index (χ2n) is 2.91. The third-order valence-corrected chi connectivity index (χ3v) is 1.58. The van der Waals surface area contributed by atoms with Crippen molar-refractivity contribution in [3.05, 3.63) is 0 Å². The Balaban J connectivity index is 3.27. The van der Waals surface area contributed by atoms with E-state index in [4.69, 9.17) is 11.2 Å². The van der Waals surface area contributed by atoms with E-state index in [1.165, 1.54) is 0 Å². The minimum absolute atomic E-state index is 0.563. The Morgan fingerprint density at radius 3 is 2.75 bits per heavy atom. The van der Waals surface area contributed by atoms with Crippen molar-refractivity contribution in [1.82, 2.24) is 5.32 Å². The largest absolute Gasteiger partial charge is 0.383 e. The molecule has 0 aromatic carbocycles. The van der Waals surface area contributed by atoms with Crippen molar-refractivity contribution in [3.63, 3.8) is 0 Å². The molecule has 0 rings (SSSR count). The topological polar surface area (TPSA) is 41.5 Å². The van der Waals surface area contributed by atoms with Crippen molar-refractivity contribution in [2.75, 3.05) is 26.8 Å². The van der Waals surface area contributed by atoms with Gasteiger partial charge in [-0.15, -0.1) is 6.42 Å². The van der Waals surface area contributed by atoms with Crippen LogP contribution in [0.1, 0.15) is 13.3 Å². The first kappa shape index (κ1) is 11.4. The van der Waals surface area contributed by atoms with E-state index in [9.17, 15) is 5.11 Å². The van der Waals surface area contributed by atoms with E-state index in [-0.39, 0.29) is 0 Å². The Kier molecular flexibility index (Phi) is 5.73. The summed E-state index contributed by atoms with van der Waals surface area (Å²) in [5, 5.41) is 12.5. The minimum atomic E-state index is -0.986. The highest BCUT2D eigenvalue weighted by Gasteiger charge is 2.14. The molecular formula is C9H17NO2. The lowest BCUT2D eigenvalue weighted by molar-refractivity contribution is 0.111. The number of hydrogen-bond acceptors (Lipinski definition) is 3. The van der Waals surface area contributed by atoms with Crippen LogP contribution < -0.4 is 5.32 Å². The maximum absolute atomic E-state index is 9.37. The predicted molar refractivity (Wildman–Crippen MR) is 48.8 cm³/mol. The van der Waals surface area contributed by atoms with Gasteiger partial charge in [0, 0.05) is 13.7 Å². The van der Waals surface area contributed by atoms with Gasteiger partial charge in [0.05, 0.1) is 6.61 Å². The fourth-order valence-electron chi connectivity index (χ4n) is 0.703. The van der Waals surface area contributed by atoms with Crippen LogP contribution >= 0.6 is 0 Å². The van der Waals surface area contributed by atoms with E-state index in [2.05, 4.69) is 11.2 Å². The van der Waals surface area contributed by atoms with Crippen LogP contribution in [0.5, 0.6) is 0 Å². The molecule has 12 heavy (non-hydrogen) atoms. The summed E-state index contributed by atoms with van der Waals surface area (Å²) in [4.78, 5) is 0. The maximum Gasteiger partial charge on any atom is 0.123 e. The summed E-state index contributed by atoms with van der Waals surface area (Å²) < 4.78 is 4.84. The van der Waals surface area contributed by atoms with Crippen LogP contribution in [0.25, 0.3) is 0 Å². The molecule has 0 aliphatic heterocycles. The van der Waals surface area contributed by atoms with Crippen LogP contribution in [0, 0.1) is 12.3 Å². The lowest BCUT2D eigenvalue weighted by Crippen LogP contribution is -2.29. The number of ether oxygens (including phenoxy) is 1. The van der Waals surface area contributed by atoms with Gasteiger partial charge in [-0.25, -0.2) is 0 Å². The Labute approximate surface area is 74.1 Å². The number of nitrogens with one attached hydrogen (secondary N) is 1. The minimum Gasteiger partial charge on any atom is -0.383 e. The fraction of sp³-hybridized carbons (Fsp3) is 0.778. The van der Waals surface area contributed by atoms with Crippen molar-refractivity contribution < 1.29 is 9.84 Å². The molecule has 70 valence electrons. The average molecular weight is 171 g/mol. The van der Waals surface area contributed by atoms with Gasteiger partial charge in [-0.2, -0.15) is 0 Å². The Hall–Kier alpha value is -0.560. The Morgan fingerprint density at radius 1 is 1.58 bits per heavy atom. The smallest absolute Gasteiger partial charge is 0.123 e. The molecular weight excluding hydrogens is 154 g/mol. The molecule has 0 bridgehead atoms. The zero-order chi connectivity index (χ0) is 9.45. The molecule has 1 atom stereocenters. The van der Waals surface area contributed by atoms with E-state index in [1.54, 1.807) is 14.0 Å². The number of rotatable bonds is 6. The lowest BCUT2D eigenvalue weighted by atomic mass is 10.0. The molecule has 0 saturated heterocycles. The van der Waals surface area contributed by atoms with Gasteiger partial charge in [-0.3, -0.25) is 0 Å². The highest BCUT2D eigenvalue weighted by Crippen LogP contribution is 2.04. The summed E-state index contributed by atoms with van der Waals surface area (Å²) in [6, 6.07) is 0. The van der Waals surface area contributed by atoms with Crippen LogP contribution in [0.15, 0.2) is 0 Å². The normalized spacial score (nSPS) is 15.2. The first-order chi connectivity index (χ1) is 5.62. The van der Waals surface area contributed by atoms with Gasteiger partial charge in [0.15, 0.2) is 0 Å². The molecule has 0 aliphatic rings. The van der Waals surface area contributed by atoms with Gasteiger partial charge in [-0.1, -0.05) is 5.92 Å². The number of aliphatic hydroxyl groups is 1. The van der Waals surface area contributed by atoms with Crippen LogP contribution in [-0.4, -0.2) is 37.5 Å². The molecule has 3 heteroatoms. The molecule has 0 amide bonds. The SMILES string of the molecule is C#CC(C)(O)CCNCCOC. The molecule has 0 radical (unpaired) electrons. The number of methoxy groups -OCH3 is 1. The van der Waals surface area contributed by atoms with Gasteiger partial charge < -0.3 is 15.2 Å². The van der Waals surface area contributed by atoms with Crippen LogP contribution in [0.3, 0.4) is 0 Å². The molecule has 0 saturated carbocycles. The number of terminal acetylenes is 1. The predicted octanol–water partition coefficient (Wildman–Crippen LogP) is -0.00330. The molecule has 2 N–H and O–H groups in total. The van der Waals surface area contributed by atoms with Crippen molar-refractivity contribution in [2.24, 2.45) is 0 Å². The van der Waals surface area contributed by atoms with E-state index in [0.29, 0.717) is 19.6 Å². The van der Waals surface area contributed by atoms with Crippen LogP contribution in [-0.2, 0) is 4.74 Å². The van der Waals surface area contributed by atoms with Crippen LogP contribution in [0.2, 0.25) is 0 Å². The summed E-state index contributed by atoms with van der Waals surface area (Å²) in [5.41, 5.74) is -0.986. The lowest BCUT2D eigenvalue weighted by Gasteiger charge is -2.15. The first-order valence-electron chi connectivity index (χ1n) is 4.02. The monoisotopic (exact) mass is 171 g/mol. The molecule has 1 unspecified atom stereocenters. The molecule has 0 aromatic heterocycles. The summed E-state index contributed by atoms with van der Waals surface area (Å²) in [6.45, 7) is 3.81. The first-order valence-corrected chi connectivity index (χ1v) is 4.02. The van der Waals surface area contributed by atoms with Gasteiger partial charge in [-0.05, 0) is 19.9 Å². The average Bonchev–Trinajstić information content (AvgIpc) is 2.04. The molecule has 0 aromatic rings. The quantitative estimate of drug-likeness (QED) is 0.436. The van der Waals surface area contributed by atoms with Crippen molar-refractivity contribution in [2.45, 2.75) is 18.9 Å². The fourth-order valence-corrected chi connectivity index (χ4v) is 0.703. The second-order valence-corrected chi connectivity index (χ2v) is 2.91. The summed E-state index contributed by atoms with van der Waals surface area (Å²) in [5.74, 6) is 2.32. The van der Waals surface area contributed by atoms with E-state index < -0.39 is 5.60 Å². The third-order valence-electron chi connectivity index (χ3n) is 1.58. The van der Waals surface area contributed by atoms with Gasteiger partial charge in [0.2, 0.25) is 0 Å².